The smallest absolute Gasteiger partial charge is 0.260 e. The topological polar surface area (TPSA) is 92.1 Å². The third-order valence-electron chi connectivity index (χ3n) is 3.72. The van der Waals surface area contributed by atoms with Gasteiger partial charge in [-0.3, -0.25) is 0 Å². The Kier molecular flexibility index (Phi) is 3.58. The second kappa shape index (κ2) is 5.27. The van der Waals surface area contributed by atoms with Crippen LogP contribution in [0.1, 0.15) is 50.1 Å². The van der Waals surface area contributed by atoms with Crippen LogP contribution in [0.4, 0.5) is 0 Å². The Morgan fingerprint density at radius 2 is 2.29 bits per heavy atom. The number of aromatic amines is 1. The highest BCUT2D eigenvalue weighted by atomic mass is 32.2. The number of nitrogens with one attached hydrogen (secondary N) is 1. The molecule has 21 heavy (non-hydrogen) atoms. The van der Waals surface area contributed by atoms with E-state index in [9.17, 15) is 8.42 Å². The summed E-state index contributed by atoms with van der Waals surface area (Å²) in [6.07, 6.45) is 4.25. The molecule has 1 N–H and O–H groups in total. The number of H-pyrrole nitrogens is 1. The fraction of sp³-hybridized carbons (Fsp3) is 0.538. The van der Waals surface area contributed by atoms with Gasteiger partial charge in [0.1, 0.15) is 11.5 Å². The third-order valence-corrected chi connectivity index (χ3v) is 5.55. The Morgan fingerprint density at radius 1 is 1.48 bits per heavy atom. The number of hydrogen-bond acceptors (Lipinski definition) is 5. The Labute approximate surface area is 123 Å². The molecule has 1 fully saturated rings. The number of nitrogens with zero attached hydrogens (tertiary/aromatic N) is 3. The molecule has 3 heterocycles. The molecule has 0 unspecified atom stereocenters. The van der Waals surface area contributed by atoms with Crippen LogP contribution >= 0.6 is 0 Å². The van der Waals surface area contributed by atoms with E-state index in [-0.39, 0.29) is 17.0 Å². The van der Waals surface area contributed by atoms with Crippen LogP contribution in [0.5, 0.6) is 0 Å². The normalized spacial score (nSPS) is 20.4. The first kappa shape index (κ1) is 14.3. The quantitative estimate of drug-likeness (QED) is 0.933. The van der Waals surface area contributed by atoms with Crippen molar-refractivity contribution in [3.05, 3.63) is 30.0 Å². The predicted octanol–water partition coefficient (Wildman–Crippen LogP) is 2.05. The lowest BCUT2D eigenvalue weighted by Gasteiger charge is -2.21. The zero-order valence-corrected chi connectivity index (χ0v) is 12.8. The van der Waals surface area contributed by atoms with Crippen LogP contribution in [0.3, 0.4) is 0 Å². The minimum absolute atomic E-state index is 0.113. The highest BCUT2D eigenvalue weighted by Gasteiger charge is 2.38. The first-order chi connectivity index (χ1) is 10.00. The fourth-order valence-electron chi connectivity index (χ4n) is 2.57. The van der Waals surface area contributed by atoms with E-state index in [0.29, 0.717) is 12.2 Å². The molecule has 1 saturated heterocycles. The van der Waals surface area contributed by atoms with E-state index >= 15 is 0 Å². The number of sulfonamides is 1. The molecule has 1 aliphatic rings. The van der Waals surface area contributed by atoms with E-state index in [1.807, 2.05) is 19.9 Å². The molecule has 2 aromatic heterocycles. The minimum atomic E-state index is -3.57. The minimum Gasteiger partial charge on any atom is -0.361 e. The van der Waals surface area contributed by atoms with Gasteiger partial charge >= 0.3 is 0 Å². The number of imidazole rings is 1. The third kappa shape index (κ3) is 2.49. The van der Waals surface area contributed by atoms with Crippen LogP contribution in [-0.4, -0.2) is 34.4 Å². The maximum atomic E-state index is 12.6. The summed E-state index contributed by atoms with van der Waals surface area (Å²) < 4.78 is 32.0. The molecule has 1 atom stereocenters. The Hall–Kier alpha value is -1.67. The lowest BCUT2D eigenvalue weighted by molar-refractivity contribution is 0.338. The van der Waals surface area contributed by atoms with Gasteiger partial charge in [0.05, 0.1) is 18.6 Å². The van der Waals surface area contributed by atoms with Crippen molar-refractivity contribution in [3.8, 4) is 0 Å². The van der Waals surface area contributed by atoms with Gasteiger partial charge in [-0.25, -0.2) is 13.4 Å². The van der Waals surface area contributed by atoms with Crippen molar-refractivity contribution < 1.29 is 12.9 Å². The van der Waals surface area contributed by atoms with E-state index in [0.717, 1.165) is 18.6 Å². The molecule has 0 saturated carbocycles. The van der Waals surface area contributed by atoms with Crippen molar-refractivity contribution in [2.24, 2.45) is 0 Å². The number of rotatable bonds is 4. The van der Waals surface area contributed by atoms with Crippen molar-refractivity contribution in [3.63, 3.8) is 0 Å². The highest BCUT2D eigenvalue weighted by Crippen LogP contribution is 2.36. The van der Waals surface area contributed by atoms with Crippen LogP contribution in [-0.2, 0) is 10.0 Å². The molecular weight excluding hydrogens is 292 g/mol. The monoisotopic (exact) mass is 310 g/mol. The van der Waals surface area contributed by atoms with E-state index < -0.39 is 10.0 Å². The second-order valence-corrected chi connectivity index (χ2v) is 7.36. The molecule has 8 heteroatoms. The van der Waals surface area contributed by atoms with Gasteiger partial charge in [0.25, 0.3) is 10.0 Å². The molecule has 0 spiro atoms. The summed E-state index contributed by atoms with van der Waals surface area (Å²) >= 11 is 0. The van der Waals surface area contributed by atoms with E-state index in [2.05, 4.69) is 15.1 Å². The molecule has 0 bridgehead atoms. The summed E-state index contributed by atoms with van der Waals surface area (Å²) in [4.78, 5) is 6.45. The Morgan fingerprint density at radius 3 is 2.90 bits per heavy atom. The maximum Gasteiger partial charge on any atom is 0.260 e. The van der Waals surface area contributed by atoms with Gasteiger partial charge in [-0.05, 0) is 12.8 Å². The molecule has 0 radical (unpaired) electrons. The first-order valence-corrected chi connectivity index (χ1v) is 8.41. The molecule has 0 aromatic carbocycles. The van der Waals surface area contributed by atoms with Crippen LogP contribution in [0.25, 0.3) is 0 Å². The SMILES string of the molecule is CC(C)c1cc([C@H]2CCCN2S(=O)(=O)c2cnc[nH]2)no1. The van der Waals surface area contributed by atoms with Gasteiger partial charge in [0, 0.05) is 18.5 Å². The summed E-state index contributed by atoms with van der Waals surface area (Å²) in [6.45, 7) is 4.51. The number of aromatic nitrogens is 3. The molecule has 0 aliphatic carbocycles. The van der Waals surface area contributed by atoms with E-state index in [1.165, 1.54) is 16.8 Å². The van der Waals surface area contributed by atoms with Crippen LogP contribution in [0.15, 0.2) is 28.1 Å². The van der Waals surface area contributed by atoms with Crippen LogP contribution < -0.4 is 0 Å². The van der Waals surface area contributed by atoms with E-state index in [4.69, 9.17) is 4.52 Å². The van der Waals surface area contributed by atoms with Gasteiger partial charge in [0.2, 0.25) is 0 Å². The molecule has 3 rings (SSSR count). The summed E-state index contributed by atoms with van der Waals surface area (Å²) in [5.74, 6) is 1.00. The van der Waals surface area contributed by atoms with Gasteiger partial charge < -0.3 is 9.51 Å². The maximum absolute atomic E-state index is 12.6. The lowest BCUT2D eigenvalue weighted by atomic mass is 10.1. The van der Waals surface area contributed by atoms with Gasteiger partial charge in [-0.1, -0.05) is 19.0 Å². The molecule has 0 amide bonds. The Balaban J connectivity index is 1.92. The molecule has 2 aromatic rings. The zero-order valence-electron chi connectivity index (χ0n) is 12.0. The zero-order chi connectivity index (χ0) is 15.0. The van der Waals surface area contributed by atoms with Crippen LogP contribution in [0, 0.1) is 0 Å². The second-order valence-electron chi connectivity index (χ2n) is 5.50. The largest absolute Gasteiger partial charge is 0.361 e. The Bertz CT molecular complexity index is 706. The summed E-state index contributed by atoms with van der Waals surface area (Å²) in [7, 11) is -3.57. The van der Waals surface area contributed by atoms with Crippen molar-refractivity contribution in [2.75, 3.05) is 6.54 Å². The van der Waals surface area contributed by atoms with Gasteiger partial charge in [0.15, 0.2) is 5.03 Å². The van der Waals surface area contributed by atoms with Gasteiger partial charge in [-0.15, -0.1) is 0 Å². The highest BCUT2D eigenvalue weighted by molar-refractivity contribution is 7.89. The predicted molar refractivity (Wildman–Crippen MR) is 75.0 cm³/mol. The molecule has 7 nitrogen and oxygen atoms in total. The van der Waals surface area contributed by atoms with Crippen molar-refractivity contribution in [1.82, 2.24) is 19.4 Å². The van der Waals surface area contributed by atoms with Gasteiger partial charge in [-0.2, -0.15) is 4.31 Å². The number of hydrogen-bond donors (Lipinski definition) is 1. The van der Waals surface area contributed by atoms with Crippen molar-refractivity contribution >= 4 is 10.0 Å². The molecule has 114 valence electrons. The lowest BCUT2D eigenvalue weighted by Crippen LogP contribution is -2.31. The molecular formula is C13H18N4O3S. The fourth-order valence-corrected chi connectivity index (χ4v) is 4.13. The van der Waals surface area contributed by atoms with E-state index in [1.54, 1.807) is 0 Å². The average Bonchev–Trinajstić information content (AvgIpc) is 3.19. The first-order valence-electron chi connectivity index (χ1n) is 6.97. The molecule has 1 aliphatic heterocycles. The van der Waals surface area contributed by atoms with Crippen molar-refractivity contribution in [1.29, 1.82) is 0 Å². The summed E-state index contributed by atoms with van der Waals surface area (Å²) in [5.41, 5.74) is 0.680. The summed E-state index contributed by atoms with van der Waals surface area (Å²) in [6, 6.07) is 1.59. The van der Waals surface area contributed by atoms with Crippen molar-refractivity contribution in [2.45, 2.75) is 43.7 Å². The average molecular weight is 310 g/mol. The summed E-state index contributed by atoms with van der Waals surface area (Å²) in [5, 5.41) is 4.17. The standard InChI is InChI=1S/C13H18N4O3S/c1-9(2)12-6-10(16-20-12)11-4-3-5-17(11)21(18,19)13-7-14-8-15-13/h6-9,11H,3-5H2,1-2H3,(H,14,15)/t11-/m1/s1. The van der Waals surface area contributed by atoms with Crippen LogP contribution in [0.2, 0.25) is 0 Å².